The lowest BCUT2D eigenvalue weighted by atomic mass is 10.2. The first kappa shape index (κ1) is 10.1. The average Bonchev–Trinajstić information content (AvgIpc) is 2.78. The van der Waals surface area contributed by atoms with Crippen molar-refractivity contribution in [1.29, 1.82) is 5.26 Å². The minimum Gasteiger partial charge on any atom is -0.192 e. The van der Waals surface area contributed by atoms with Gasteiger partial charge in [-0.25, -0.2) is 0 Å². The van der Waals surface area contributed by atoms with E-state index in [1.54, 1.807) is 12.1 Å². The summed E-state index contributed by atoms with van der Waals surface area (Å²) in [6, 6.07) is 9.31. The van der Waals surface area contributed by atoms with Gasteiger partial charge in [-0.1, -0.05) is 23.5 Å². The number of rotatable bonds is 2. The number of nitrogens with zero attached hydrogens (tertiary/aromatic N) is 3. The molecule has 0 radical (unpaired) electrons. The van der Waals surface area contributed by atoms with Gasteiger partial charge in [-0.05, 0) is 12.1 Å². The van der Waals surface area contributed by atoms with Crippen LogP contribution in [0, 0.1) is 11.3 Å². The van der Waals surface area contributed by atoms with Crippen molar-refractivity contribution in [3.05, 3.63) is 34.8 Å². The molecule has 1 aromatic carbocycles. The molecule has 0 aliphatic carbocycles. The Morgan fingerprint density at radius 1 is 1.27 bits per heavy atom. The number of benzene rings is 1. The van der Waals surface area contributed by atoms with Crippen LogP contribution < -0.4 is 0 Å². The summed E-state index contributed by atoms with van der Waals surface area (Å²) in [6.07, 6.45) is 0. The van der Waals surface area contributed by atoms with Gasteiger partial charge in [-0.15, -0.1) is 21.8 Å². The number of halogens is 1. The molecule has 0 N–H and O–H groups in total. The first-order valence-corrected chi connectivity index (χ1v) is 5.57. The fourth-order valence-electron chi connectivity index (χ4n) is 1.11. The topological polar surface area (TPSA) is 49.6 Å². The van der Waals surface area contributed by atoms with Gasteiger partial charge in [-0.3, -0.25) is 0 Å². The van der Waals surface area contributed by atoms with Gasteiger partial charge in [-0.2, -0.15) is 5.26 Å². The lowest BCUT2D eigenvalue weighted by molar-refractivity contribution is 1.04. The molecule has 0 saturated heterocycles. The van der Waals surface area contributed by atoms with E-state index in [0.717, 1.165) is 15.6 Å². The predicted octanol–water partition coefficient (Wildman–Crippen LogP) is 2.82. The molecule has 2 rings (SSSR count). The summed E-state index contributed by atoms with van der Waals surface area (Å²) < 4.78 is 0. The van der Waals surface area contributed by atoms with Gasteiger partial charge in [0.1, 0.15) is 10.0 Å². The molecule has 2 aromatic rings. The van der Waals surface area contributed by atoms with Crippen LogP contribution in [-0.2, 0) is 5.88 Å². The van der Waals surface area contributed by atoms with E-state index in [4.69, 9.17) is 16.9 Å². The first-order valence-electron chi connectivity index (χ1n) is 4.22. The second-order valence-corrected chi connectivity index (χ2v) is 4.15. The van der Waals surface area contributed by atoms with Crippen LogP contribution in [0.15, 0.2) is 24.3 Å². The van der Waals surface area contributed by atoms with Crippen molar-refractivity contribution in [2.75, 3.05) is 0 Å². The van der Waals surface area contributed by atoms with Crippen LogP contribution in [0.25, 0.3) is 10.6 Å². The van der Waals surface area contributed by atoms with E-state index in [1.807, 2.05) is 12.1 Å². The summed E-state index contributed by atoms with van der Waals surface area (Å²) in [6.45, 7) is 0. The number of aromatic nitrogens is 2. The molecule has 0 aliphatic heterocycles. The largest absolute Gasteiger partial charge is 0.192 e. The van der Waals surface area contributed by atoms with Crippen molar-refractivity contribution in [1.82, 2.24) is 10.2 Å². The van der Waals surface area contributed by atoms with Crippen molar-refractivity contribution in [2.45, 2.75) is 5.88 Å². The fraction of sp³-hybridized carbons (Fsp3) is 0.100. The van der Waals surface area contributed by atoms with Gasteiger partial charge >= 0.3 is 0 Å². The smallest absolute Gasteiger partial charge is 0.147 e. The van der Waals surface area contributed by atoms with Crippen molar-refractivity contribution >= 4 is 22.9 Å². The Kier molecular flexibility index (Phi) is 2.95. The number of nitriles is 1. The maximum absolute atomic E-state index is 8.65. The molecule has 0 atom stereocenters. The molecule has 0 amide bonds. The predicted molar refractivity (Wildman–Crippen MR) is 59.6 cm³/mol. The quantitative estimate of drug-likeness (QED) is 0.752. The zero-order chi connectivity index (χ0) is 10.7. The number of hydrogen-bond donors (Lipinski definition) is 0. The second kappa shape index (κ2) is 4.39. The Balaban J connectivity index is 2.33. The molecule has 0 aliphatic rings. The summed E-state index contributed by atoms with van der Waals surface area (Å²) >= 11 is 7.10. The molecule has 0 spiro atoms. The van der Waals surface area contributed by atoms with Crippen LogP contribution >= 0.6 is 22.9 Å². The molecule has 15 heavy (non-hydrogen) atoms. The first-order chi connectivity index (χ1) is 7.33. The van der Waals surface area contributed by atoms with Crippen LogP contribution in [-0.4, -0.2) is 10.2 Å². The SMILES string of the molecule is N#Cc1ccc(-c2nnc(CCl)s2)cc1. The highest BCUT2D eigenvalue weighted by molar-refractivity contribution is 7.14. The molecule has 0 unspecified atom stereocenters. The van der Waals surface area contributed by atoms with Gasteiger partial charge in [0.05, 0.1) is 17.5 Å². The molecule has 1 heterocycles. The molecular weight excluding hydrogens is 230 g/mol. The Morgan fingerprint density at radius 3 is 2.53 bits per heavy atom. The van der Waals surface area contributed by atoms with E-state index in [0.29, 0.717) is 11.4 Å². The molecule has 3 nitrogen and oxygen atoms in total. The maximum Gasteiger partial charge on any atom is 0.147 e. The average molecular weight is 236 g/mol. The minimum absolute atomic E-state index is 0.383. The fourth-order valence-corrected chi connectivity index (χ4v) is 2.02. The lowest BCUT2D eigenvalue weighted by Gasteiger charge is -1.93. The van der Waals surface area contributed by atoms with E-state index < -0.39 is 0 Å². The second-order valence-electron chi connectivity index (χ2n) is 2.82. The Hall–Kier alpha value is -1.44. The third-order valence-corrected chi connectivity index (χ3v) is 3.23. The Labute approximate surface area is 96.0 Å². The highest BCUT2D eigenvalue weighted by atomic mass is 35.5. The van der Waals surface area contributed by atoms with E-state index in [-0.39, 0.29) is 0 Å². The normalized spacial score (nSPS) is 9.87. The van der Waals surface area contributed by atoms with E-state index >= 15 is 0 Å². The number of hydrogen-bond acceptors (Lipinski definition) is 4. The monoisotopic (exact) mass is 235 g/mol. The van der Waals surface area contributed by atoms with Gasteiger partial charge in [0.25, 0.3) is 0 Å². The van der Waals surface area contributed by atoms with Crippen LogP contribution in [0.3, 0.4) is 0 Å². The third kappa shape index (κ3) is 2.14. The minimum atomic E-state index is 0.383. The van der Waals surface area contributed by atoms with Crippen molar-refractivity contribution in [3.63, 3.8) is 0 Å². The Bertz CT molecular complexity index is 498. The van der Waals surface area contributed by atoms with Gasteiger partial charge < -0.3 is 0 Å². The highest BCUT2D eigenvalue weighted by Crippen LogP contribution is 2.24. The van der Waals surface area contributed by atoms with Crippen LogP contribution in [0.5, 0.6) is 0 Å². The van der Waals surface area contributed by atoms with Gasteiger partial charge in [0.2, 0.25) is 0 Å². The standard InChI is InChI=1S/C10H6ClN3S/c11-5-9-13-14-10(15-9)8-3-1-7(6-12)2-4-8/h1-4H,5H2. The zero-order valence-electron chi connectivity index (χ0n) is 7.64. The highest BCUT2D eigenvalue weighted by Gasteiger charge is 2.05. The zero-order valence-corrected chi connectivity index (χ0v) is 9.22. The molecule has 0 saturated carbocycles. The van der Waals surface area contributed by atoms with E-state index in [9.17, 15) is 0 Å². The molecule has 74 valence electrons. The van der Waals surface area contributed by atoms with Crippen molar-refractivity contribution < 1.29 is 0 Å². The van der Waals surface area contributed by atoms with Crippen molar-refractivity contribution in [3.8, 4) is 16.6 Å². The van der Waals surface area contributed by atoms with Crippen LogP contribution in [0.4, 0.5) is 0 Å². The molecule has 0 fully saturated rings. The summed E-state index contributed by atoms with van der Waals surface area (Å²) in [4.78, 5) is 0. The van der Waals surface area contributed by atoms with Crippen LogP contribution in [0.2, 0.25) is 0 Å². The summed E-state index contributed by atoms with van der Waals surface area (Å²) in [5.41, 5.74) is 1.60. The molecular formula is C10H6ClN3S. The van der Waals surface area contributed by atoms with E-state index in [1.165, 1.54) is 11.3 Å². The third-order valence-electron chi connectivity index (χ3n) is 1.84. The molecule has 0 bridgehead atoms. The number of alkyl halides is 1. The van der Waals surface area contributed by atoms with Crippen molar-refractivity contribution in [2.24, 2.45) is 0 Å². The van der Waals surface area contributed by atoms with Gasteiger partial charge in [0.15, 0.2) is 0 Å². The lowest BCUT2D eigenvalue weighted by Crippen LogP contribution is -1.78. The Morgan fingerprint density at radius 2 is 2.00 bits per heavy atom. The summed E-state index contributed by atoms with van der Waals surface area (Å²) in [5.74, 6) is 0.383. The molecule has 1 aromatic heterocycles. The van der Waals surface area contributed by atoms with Gasteiger partial charge in [0, 0.05) is 5.56 Å². The molecule has 5 heteroatoms. The summed E-state index contributed by atoms with van der Waals surface area (Å²) in [7, 11) is 0. The maximum atomic E-state index is 8.65. The van der Waals surface area contributed by atoms with E-state index in [2.05, 4.69) is 16.3 Å². The summed E-state index contributed by atoms with van der Waals surface area (Å²) in [5, 5.41) is 18.2. The van der Waals surface area contributed by atoms with Crippen LogP contribution in [0.1, 0.15) is 10.6 Å².